The molecular weight excluding hydrogens is 297 g/mol. The Morgan fingerprint density at radius 2 is 2.00 bits per heavy atom. The van der Waals surface area contributed by atoms with Crippen molar-refractivity contribution in [1.29, 1.82) is 0 Å². The Bertz CT molecular complexity index is 514. The van der Waals surface area contributed by atoms with E-state index in [1.165, 1.54) is 12.1 Å². The van der Waals surface area contributed by atoms with Gasteiger partial charge in [0.1, 0.15) is 0 Å². The molecule has 1 aliphatic rings. The fourth-order valence-corrected chi connectivity index (χ4v) is 2.54. The Hall–Kier alpha value is -1.76. The highest BCUT2D eigenvalue weighted by Crippen LogP contribution is 2.30. The molecule has 22 heavy (non-hydrogen) atoms. The second-order valence-corrected chi connectivity index (χ2v) is 5.47. The molecule has 0 aromatic heterocycles. The minimum atomic E-state index is -4.46. The van der Waals surface area contributed by atoms with E-state index < -0.39 is 23.9 Å². The number of halogens is 3. The fraction of sp³-hybridized carbons (Fsp3) is 0.533. The summed E-state index contributed by atoms with van der Waals surface area (Å²) in [6, 6.07) is 4.21. The number of nitrogens with one attached hydrogen (secondary N) is 2. The Kier molecular flexibility index (Phi) is 5.28. The van der Waals surface area contributed by atoms with E-state index in [1.54, 1.807) is 0 Å². The SMILES string of the molecule is O=C(NC[C@@H](O)c1cccc(C(F)(F)F)c1)NC1CCCC1. The van der Waals surface area contributed by atoms with Crippen molar-refractivity contribution < 1.29 is 23.1 Å². The lowest BCUT2D eigenvalue weighted by molar-refractivity contribution is -0.137. The van der Waals surface area contributed by atoms with Crippen molar-refractivity contribution >= 4 is 6.03 Å². The molecule has 3 N–H and O–H groups in total. The van der Waals surface area contributed by atoms with Crippen molar-refractivity contribution in [2.45, 2.75) is 44.0 Å². The summed E-state index contributed by atoms with van der Waals surface area (Å²) >= 11 is 0. The number of aliphatic hydroxyl groups excluding tert-OH is 1. The maximum absolute atomic E-state index is 12.6. The zero-order chi connectivity index (χ0) is 16.2. The quantitative estimate of drug-likeness (QED) is 0.800. The first kappa shape index (κ1) is 16.6. The van der Waals surface area contributed by atoms with Crippen molar-refractivity contribution in [3.8, 4) is 0 Å². The normalized spacial score (nSPS) is 17.3. The van der Waals surface area contributed by atoms with Crippen LogP contribution in [0.1, 0.15) is 42.9 Å². The molecule has 0 unspecified atom stereocenters. The van der Waals surface area contributed by atoms with Gasteiger partial charge in [-0.05, 0) is 30.5 Å². The average molecular weight is 316 g/mol. The number of aliphatic hydroxyl groups is 1. The molecule has 122 valence electrons. The van der Waals surface area contributed by atoms with Crippen LogP contribution in [-0.2, 0) is 6.18 Å². The molecule has 7 heteroatoms. The summed E-state index contributed by atoms with van der Waals surface area (Å²) < 4.78 is 37.8. The lowest BCUT2D eigenvalue weighted by Crippen LogP contribution is -2.42. The minimum Gasteiger partial charge on any atom is -0.387 e. The predicted octanol–water partition coefficient (Wildman–Crippen LogP) is 2.98. The predicted molar refractivity (Wildman–Crippen MR) is 75.2 cm³/mol. The van der Waals surface area contributed by atoms with Crippen LogP contribution in [0, 0.1) is 0 Å². The van der Waals surface area contributed by atoms with Gasteiger partial charge >= 0.3 is 12.2 Å². The van der Waals surface area contributed by atoms with Crippen LogP contribution in [-0.4, -0.2) is 23.7 Å². The van der Waals surface area contributed by atoms with Crippen LogP contribution < -0.4 is 10.6 Å². The van der Waals surface area contributed by atoms with Gasteiger partial charge in [0.15, 0.2) is 0 Å². The maximum atomic E-state index is 12.6. The second kappa shape index (κ2) is 7.00. The summed E-state index contributed by atoms with van der Waals surface area (Å²) in [5.41, 5.74) is -0.699. The molecule has 2 rings (SSSR count). The van der Waals surface area contributed by atoms with Gasteiger partial charge in [-0.25, -0.2) is 4.79 Å². The van der Waals surface area contributed by atoms with Gasteiger partial charge in [-0.1, -0.05) is 25.0 Å². The van der Waals surface area contributed by atoms with Crippen molar-refractivity contribution in [1.82, 2.24) is 10.6 Å². The van der Waals surface area contributed by atoms with Gasteiger partial charge in [-0.3, -0.25) is 0 Å². The first-order valence-corrected chi connectivity index (χ1v) is 7.26. The van der Waals surface area contributed by atoms with E-state index >= 15 is 0 Å². The number of benzene rings is 1. The van der Waals surface area contributed by atoms with Gasteiger partial charge in [0.2, 0.25) is 0 Å². The monoisotopic (exact) mass is 316 g/mol. The molecule has 1 saturated carbocycles. The molecule has 1 atom stereocenters. The third-order valence-corrected chi connectivity index (χ3v) is 3.75. The molecule has 1 aromatic carbocycles. The highest BCUT2D eigenvalue weighted by molar-refractivity contribution is 5.74. The first-order valence-electron chi connectivity index (χ1n) is 7.26. The van der Waals surface area contributed by atoms with Crippen LogP contribution in [0.3, 0.4) is 0 Å². The van der Waals surface area contributed by atoms with Crippen molar-refractivity contribution in [2.75, 3.05) is 6.54 Å². The summed E-state index contributed by atoms with van der Waals surface area (Å²) in [6.45, 7) is -0.139. The molecule has 0 radical (unpaired) electrons. The van der Waals surface area contributed by atoms with Crippen molar-refractivity contribution in [3.63, 3.8) is 0 Å². The zero-order valence-electron chi connectivity index (χ0n) is 12.0. The Morgan fingerprint density at radius 1 is 1.32 bits per heavy atom. The van der Waals surface area contributed by atoms with Gasteiger partial charge in [0.05, 0.1) is 11.7 Å². The van der Waals surface area contributed by atoms with E-state index in [4.69, 9.17) is 0 Å². The van der Waals surface area contributed by atoms with E-state index in [-0.39, 0.29) is 18.2 Å². The number of amides is 2. The molecule has 1 fully saturated rings. The van der Waals surface area contributed by atoms with Crippen LogP contribution >= 0.6 is 0 Å². The molecule has 0 spiro atoms. The summed E-state index contributed by atoms with van der Waals surface area (Å²) in [6.07, 6.45) is -1.61. The fourth-order valence-electron chi connectivity index (χ4n) is 2.54. The highest BCUT2D eigenvalue weighted by atomic mass is 19.4. The number of carbonyl (C=O) groups excluding carboxylic acids is 1. The Balaban J connectivity index is 1.86. The number of hydrogen-bond acceptors (Lipinski definition) is 2. The third kappa shape index (κ3) is 4.62. The number of hydrogen-bond donors (Lipinski definition) is 3. The van der Waals surface area contributed by atoms with E-state index in [1.807, 2.05) is 0 Å². The highest BCUT2D eigenvalue weighted by Gasteiger charge is 2.30. The maximum Gasteiger partial charge on any atom is 0.416 e. The topological polar surface area (TPSA) is 61.4 Å². The number of urea groups is 1. The second-order valence-electron chi connectivity index (χ2n) is 5.47. The Morgan fingerprint density at radius 3 is 2.64 bits per heavy atom. The molecule has 0 saturated heterocycles. The van der Waals surface area contributed by atoms with E-state index in [2.05, 4.69) is 10.6 Å². The van der Waals surface area contributed by atoms with Crippen LogP contribution in [0.25, 0.3) is 0 Å². The first-order chi connectivity index (χ1) is 10.4. The number of rotatable bonds is 4. The van der Waals surface area contributed by atoms with Gasteiger partial charge in [0, 0.05) is 12.6 Å². The molecule has 1 aromatic rings. The molecule has 1 aliphatic carbocycles. The lowest BCUT2D eigenvalue weighted by Gasteiger charge is -2.16. The van der Waals surface area contributed by atoms with Crippen molar-refractivity contribution in [3.05, 3.63) is 35.4 Å². The number of carbonyl (C=O) groups is 1. The van der Waals surface area contributed by atoms with Crippen LogP contribution in [0.15, 0.2) is 24.3 Å². The van der Waals surface area contributed by atoms with E-state index in [0.29, 0.717) is 0 Å². The van der Waals surface area contributed by atoms with Gasteiger partial charge < -0.3 is 15.7 Å². The zero-order valence-corrected chi connectivity index (χ0v) is 12.0. The van der Waals surface area contributed by atoms with Crippen LogP contribution in [0.4, 0.5) is 18.0 Å². The van der Waals surface area contributed by atoms with E-state index in [0.717, 1.165) is 37.8 Å². The standard InChI is InChI=1S/C15H19F3N2O2/c16-15(17,18)11-5-3-4-10(8-11)13(21)9-19-14(22)20-12-6-1-2-7-12/h3-5,8,12-13,21H,1-2,6-7,9H2,(H2,19,20,22)/t13-/m1/s1. The van der Waals surface area contributed by atoms with Crippen LogP contribution in [0.2, 0.25) is 0 Å². The molecule has 0 aliphatic heterocycles. The van der Waals surface area contributed by atoms with Crippen molar-refractivity contribution in [2.24, 2.45) is 0 Å². The smallest absolute Gasteiger partial charge is 0.387 e. The molecule has 4 nitrogen and oxygen atoms in total. The molecular formula is C15H19F3N2O2. The molecule has 0 bridgehead atoms. The average Bonchev–Trinajstić information content (AvgIpc) is 2.97. The van der Waals surface area contributed by atoms with Gasteiger partial charge in [0.25, 0.3) is 0 Å². The summed E-state index contributed by atoms with van der Waals surface area (Å²) in [5, 5.41) is 15.2. The lowest BCUT2D eigenvalue weighted by atomic mass is 10.1. The molecule has 0 heterocycles. The number of alkyl halides is 3. The summed E-state index contributed by atoms with van der Waals surface area (Å²) in [7, 11) is 0. The van der Waals surface area contributed by atoms with E-state index in [9.17, 15) is 23.1 Å². The van der Waals surface area contributed by atoms with Crippen LogP contribution in [0.5, 0.6) is 0 Å². The Labute approximate surface area is 126 Å². The summed E-state index contributed by atoms with van der Waals surface area (Å²) in [4.78, 5) is 11.6. The minimum absolute atomic E-state index is 0.121. The van der Waals surface area contributed by atoms with Gasteiger partial charge in [-0.2, -0.15) is 13.2 Å². The largest absolute Gasteiger partial charge is 0.416 e. The third-order valence-electron chi connectivity index (χ3n) is 3.75. The summed E-state index contributed by atoms with van der Waals surface area (Å²) in [5.74, 6) is 0. The van der Waals surface area contributed by atoms with Gasteiger partial charge in [-0.15, -0.1) is 0 Å². The molecule has 2 amide bonds.